The van der Waals surface area contributed by atoms with Crippen LogP contribution in [0.1, 0.15) is 72.9 Å². The number of benzene rings is 1. The number of amides is 1. The average Bonchev–Trinajstić information content (AvgIpc) is 2.81. The lowest BCUT2D eigenvalue weighted by Gasteiger charge is -2.37. The largest absolute Gasteiger partial charge is 0.494 e. The van der Waals surface area contributed by atoms with E-state index in [2.05, 4.69) is 0 Å². The molecule has 2 aliphatic heterocycles. The lowest BCUT2D eigenvalue weighted by molar-refractivity contribution is -0.0309. The summed E-state index contributed by atoms with van der Waals surface area (Å²) < 4.78 is 17.8. The summed E-state index contributed by atoms with van der Waals surface area (Å²) in [4.78, 5) is 14.2. The van der Waals surface area contributed by atoms with Gasteiger partial charge in [0.15, 0.2) is 0 Å². The maximum absolute atomic E-state index is 12.5. The molecule has 160 valence electrons. The van der Waals surface area contributed by atoms with Crippen LogP contribution < -0.4 is 5.46 Å². The smallest absolute Gasteiger partial charge is 0.446 e. The fraction of sp³-hybridized carbons (Fsp3) is 0.682. The number of rotatable bonds is 5. The van der Waals surface area contributed by atoms with Crippen molar-refractivity contribution in [2.24, 2.45) is 0 Å². The Kier molecular flexibility index (Phi) is 5.80. The van der Waals surface area contributed by atoms with Gasteiger partial charge in [-0.2, -0.15) is 0 Å². The summed E-state index contributed by atoms with van der Waals surface area (Å²) in [6, 6.07) is 7.93. The fourth-order valence-corrected chi connectivity index (χ4v) is 3.79. The normalized spacial score (nSPS) is 25.1. The van der Waals surface area contributed by atoms with Gasteiger partial charge in [-0.1, -0.05) is 24.3 Å². The number of cyclic esters (lactones) is 1. The molecule has 1 amide bonds. The zero-order valence-corrected chi connectivity index (χ0v) is 18.7. The Morgan fingerprint density at radius 3 is 2.21 bits per heavy atom. The van der Waals surface area contributed by atoms with Crippen LogP contribution in [0.25, 0.3) is 0 Å². The maximum atomic E-state index is 12.5. The van der Waals surface area contributed by atoms with Crippen molar-refractivity contribution < 1.29 is 23.9 Å². The van der Waals surface area contributed by atoms with Crippen molar-refractivity contribution in [3.63, 3.8) is 0 Å². The second kappa shape index (κ2) is 7.60. The third-order valence-electron chi connectivity index (χ3n) is 6.33. The van der Waals surface area contributed by atoms with Crippen molar-refractivity contribution in [3.8, 4) is 0 Å². The summed E-state index contributed by atoms with van der Waals surface area (Å²) in [6.45, 7) is 14.2. The lowest BCUT2D eigenvalue weighted by atomic mass is 9.78. The Labute approximate surface area is 174 Å². The van der Waals surface area contributed by atoms with E-state index >= 15 is 0 Å². The van der Waals surface area contributed by atoms with Gasteiger partial charge in [-0.15, -0.1) is 0 Å². The second-order valence-electron chi connectivity index (χ2n) is 9.94. The molecule has 2 fully saturated rings. The van der Waals surface area contributed by atoms with Gasteiger partial charge in [0, 0.05) is 19.4 Å². The van der Waals surface area contributed by atoms with Crippen LogP contribution in [0.3, 0.4) is 0 Å². The Hall–Kier alpha value is -1.57. The van der Waals surface area contributed by atoms with Gasteiger partial charge in [0.2, 0.25) is 0 Å². The first-order chi connectivity index (χ1) is 13.3. The molecular weight excluding hydrogens is 369 g/mol. The zero-order chi connectivity index (χ0) is 21.6. The highest BCUT2D eigenvalue weighted by Gasteiger charge is 2.51. The van der Waals surface area contributed by atoms with Gasteiger partial charge in [-0.05, 0) is 59.5 Å². The van der Waals surface area contributed by atoms with E-state index in [0.717, 1.165) is 11.0 Å². The third kappa shape index (κ3) is 4.78. The summed E-state index contributed by atoms with van der Waals surface area (Å²) in [5.74, 6) is 0. The van der Waals surface area contributed by atoms with Crippen molar-refractivity contribution in [1.82, 2.24) is 4.90 Å². The molecule has 0 aliphatic carbocycles. The number of carbonyl (C=O) groups is 1. The molecule has 0 saturated carbocycles. The van der Waals surface area contributed by atoms with E-state index in [0.29, 0.717) is 19.4 Å². The molecule has 3 rings (SSSR count). The summed E-state index contributed by atoms with van der Waals surface area (Å²) in [5.41, 5.74) is 0.401. The van der Waals surface area contributed by atoms with Crippen LogP contribution >= 0.6 is 0 Å². The Balaban J connectivity index is 1.64. The van der Waals surface area contributed by atoms with Crippen LogP contribution in [0.15, 0.2) is 24.3 Å². The highest BCUT2D eigenvalue weighted by Crippen LogP contribution is 2.36. The highest BCUT2D eigenvalue weighted by atomic mass is 16.7. The predicted octanol–water partition coefficient (Wildman–Crippen LogP) is 3.42. The Bertz CT molecular complexity index is 725. The van der Waals surface area contributed by atoms with E-state index < -0.39 is 12.7 Å². The molecule has 2 aliphatic rings. The van der Waals surface area contributed by atoms with Gasteiger partial charge in [-0.3, -0.25) is 0 Å². The molecule has 29 heavy (non-hydrogen) atoms. The molecule has 2 saturated heterocycles. The van der Waals surface area contributed by atoms with Crippen molar-refractivity contribution in [1.29, 1.82) is 0 Å². The third-order valence-corrected chi connectivity index (χ3v) is 6.33. The molecule has 1 unspecified atom stereocenters. The quantitative estimate of drug-likeness (QED) is 0.764. The number of nitrogens with zero attached hydrogens (tertiary/aromatic N) is 1. The van der Waals surface area contributed by atoms with E-state index in [4.69, 9.17) is 14.0 Å². The second-order valence-corrected chi connectivity index (χ2v) is 9.94. The first-order valence-corrected chi connectivity index (χ1v) is 10.4. The lowest BCUT2D eigenvalue weighted by Crippen LogP contribution is -2.45. The molecule has 6 nitrogen and oxygen atoms in total. The van der Waals surface area contributed by atoms with E-state index in [1.165, 1.54) is 0 Å². The number of aliphatic hydroxyl groups is 1. The Morgan fingerprint density at radius 1 is 1.17 bits per heavy atom. The standard InChI is InChI=1S/C22H34BNO5/c1-15(24-13-12-18(27-19(24)25)14-20(2,3)26)16-8-10-17(11-9-16)23-28-21(4,5)22(6,7)29-23/h8-11,15,18,26H,12-14H2,1-7H3/t15-,18?/m0/s1. The van der Waals surface area contributed by atoms with Crippen LogP contribution in [-0.4, -0.2) is 52.7 Å². The van der Waals surface area contributed by atoms with Crippen molar-refractivity contribution in [2.75, 3.05) is 6.54 Å². The van der Waals surface area contributed by atoms with Crippen LogP contribution in [0, 0.1) is 0 Å². The summed E-state index contributed by atoms with van der Waals surface area (Å²) in [7, 11) is -0.396. The minimum atomic E-state index is -0.845. The molecule has 0 spiro atoms. The molecule has 0 bridgehead atoms. The van der Waals surface area contributed by atoms with Crippen molar-refractivity contribution in [2.45, 2.75) is 90.3 Å². The van der Waals surface area contributed by atoms with E-state index in [9.17, 15) is 9.90 Å². The van der Waals surface area contributed by atoms with Crippen molar-refractivity contribution >= 4 is 18.7 Å². The molecule has 0 aromatic heterocycles. The number of hydrogen-bond donors (Lipinski definition) is 1. The average molecular weight is 403 g/mol. The van der Waals surface area contributed by atoms with Gasteiger partial charge in [0.1, 0.15) is 6.10 Å². The SMILES string of the molecule is C[C@@H](c1ccc(B2OC(C)(C)C(C)(C)O2)cc1)N1CCC(CC(C)(C)O)OC1=O. The summed E-state index contributed by atoms with van der Waals surface area (Å²) in [5, 5.41) is 9.96. The number of hydrogen-bond acceptors (Lipinski definition) is 5. The molecule has 2 heterocycles. The molecule has 1 N–H and O–H groups in total. The van der Waals surface area contributed by atoms with Gasteiger partial charge < -0.3 is 24.1 Å². The first kappa shape index (κ1) is 22.1. The van der Waals surface area contributed by atoms with Crippen molar-refractivity contribution in [3.05, 3.63) is 29.8 Å². The minimum Gasteiger partial charge on any atom is -0.446 e. The predicted molar refractivity (Wildman–Crippen MR) is 113 cm³/mol. The van der Waals surface area contributed by atoms with Gasteiger partial charge in [0.25, 0.3) is 0 Å². The topological polar surface area (TPSA) is 68.2 Å². The minimum absolute atomic E-state index is 0.0991. The van der Waals surface area contributed by atoms with Gasteiger partial charge in [0.05, 0.1) is 22.8 Å². The van der Waals surface area contributed by atoms with E-state index in [-0.39, 0.29) is 29.4 Å². The molecular formula is C22H34BNO5. The van der Waals surface area contributed by atoms with Crippen LogP contribution in [0.5, 0.6) is 0 Å². The first-order valence-electron chi connectivity index (χ1n) is 10.4. The molecule has 0 radical (unpaired) electrons. The van der Waals surface area contributed by atoms with E-state index in [1.54, 1.807) is 18.7 Å². The maximum Gasteiger partial charge on any atom is 0.494 e. The summed E-state index contributed by atoms with van der Waals surface area (Å²) >= 11 is 0. The van der Waals surface area contributed by atoms with Gasteiger partial charge >= 0.3 is 13.2 Å². The summed E-state index contributed by atoms with van der Waals surface area (Å²) in [6.07, 6.45) is 0.597. The van der Waals surface area contributed by atoms with Crippen LogP contribution in [0.2, 0.25) is 0 Å². The van der Waals surface area contributed by atoms with Crippen LogP contribution in [0.4, 0.5) is 4.79 Å². The number of carbonyl (C=O) groups excluding carboxylic acids is 1. The Morgan fingerprint density at radius 2 is 1.72 bits per heavy atom. The molecule has 2 atom stereocenters. The monoisotopic (exact) mass is 403 g/mol. The van der Waals surface area contributed by atoms with E-state index in [1.807, 2.05) is 58.9 Å². The zero-order valence-electron chi connectivity index (χ0n) is 18.7. The fourth-order valence-electron chi connectivity index (χ4n) is 3.79. The molecule has 7 heteroatoms. The van der Waals surface area contributed by atoms with Crippen LogP contribution in [-0.2, 0) is 14.0 Å². The number of ether oxygens (including phenoxy) is 1. The molecule has 1 aromatic carbocycles. The van der Waals surface area contributed by atoms with Gasteiger partial charge in [-0.25, -0.2) is 4.79 Å². The molecule has 1 aromatic rings. The highest BCUT2D eigenvalue weighted by molar-refractivity contribution is 6.62.